The lowest BCUT2D eigenvalue weighted by molar-refractivity contribution is 0.0443. The second kappa shape index (κ2) is 10.5. The molecule has 0 amide bonds. The van der Waals surface area contributed by atoms with Crippen LogP contribution >= 0.6 is 0 Å². The molecule has 194 valence electrons. The van der Waals surface area contributed by atoms with Gasteiger partial charge in [-0.1, -0.05) is 25.7 Å². The number of anilines is 3. The first-order valence-electron chi connectivity index (χ1n) is 12.3. The summed E-state index contributed by atoms with van der Waals surface area (Å²) in [7, 11) is -3.46. The van der Waals surface area contributed by atoms with Gasteiger partial charge in [-0.2, -0.15) is 9.19 Å². The summed E-state index contributed by atoms with van der Waals surface area (Å²) in [4.78, 5) is 15.7. The third-order valence-corrected chi connectivity index (χ3v) is 8.33. The average Bonchev–Trinajstić information content (AvgIpc) is 3.63. The van der Waals surface area contributed by atoms with Gasteiger partial charge in [-0.15, -0.1) is 0 Å². The number of nitrogens with zero attached hydrogens (tertiary/aromatic N) is 6. The molecule has 1 aliphatic heterocycles. The van der Waals surface area contributed by atoms with Gasteiger partial charge in [-0.25, -0.2) is 23.4 Å². The Morgan fingerprint density at radius 3 is 2.73 bits per heavy atom. The molecule has 0 spiro atoms. The minimum atomic E-state index is -3.46. The van der Waals surface area contributed by atoms with Gasteiger partial charge in [0.1, 0.15) is 11.6 Å². The maximum Gasteiger partial charge on any atom is 0.256 e. The predicted octanol–water partition coefficient (Wildman–Crippen LogP) is 2.21. The summed E-state index contributed by atoms with van der Waals surface area (Å²) in [6, 6.07) is 1.72. The van der Waals surface area contributed by atoms with E-state index in [4.69, 9.17) is 10.5 Å². The van der Waals surface area contributed by atoms with E-state index in [-0.39, 0.29) is 11.2 Å². The van der Waals surface area contributed by atoms with E-state index in [2.05, 4.69) is 42.1 Å². The Balaban J connectivity index is 1.36. The molecule has 1 saturated carbocycles. The van der Waals surface area contributed by atoms with E-state index in [1.807, 2.05) is 13.8 Å². The molecule has 37 heavy (non-hydrogen) atoms. The van der Waals surface area contributed by atoms with Crippen LogP contribution in [0.4, 0.5) is 17.3 Å². The second-order valence-electron chi connectivity index (χ2n) is 9.43. The van der Waals surface area contributed by atoms with Gasteiger partial charge in [-0.3, -0.25) is 4.90 Å². The Hall–Kier alpha value is -3.53. The molecule has 11 nitrogen and oxygen atoms in total. The summed E-state index contributed by atoms with van der Waals surface area (Å²) in [5.74, 6) is 7.91. The molecule has 0 unspecified atom stereocenters. The topological polar surface area (TPSA) is 141 Å². The Kier molecular flexibility index (Phi) is 7.10. The zero-order valence-electron chi connectivity index (χ0n) is 20.9. The standard InChI is InChI=1S/C25H30N8O3S/c1-17(2)22-23(26)18(4-3-9-32-10-12-36-13-11-32)14-28-25(22)31-21-7-8-27-24(30-21)19-15-29-33(16-19)37(34,35)20-5-6-20/h7-8,14-17,20H,5-6,9-13H2,1-2H3,(H3,26,27,28,30,31). The summed E-state index contributed by atoms with van der Waals surface area (Å²) in [6.07, 6.45) is 7.51. The predicted molar refractivity (Wildman–Crippen MR) is 141 cm³/mol. The second-order valence-corrected chi connectivity index (χ2v) is 11.5. The maximum absolute atomic E-state index is 12.5. The first kappa shape index (κ1) is 25.1. The highest BCUT2D eigenvalue weighted by Crippen LogP contribution is 2.33. The van der Waals surface area contributed by atoms with Crippen LogP contribution in [0.2, 0.25) is 0 Å². The van der Waals surface area contributed by atoms with Crippen LogP contribution in [-0.4, -0.2) is 75.6 Å². The molecule has 0 atom stereocenters. The minimum Gasteiger partial charge on any atom is -0.397 e. The Bertz CT molecular complexity index is 1450. The molecule has 1 aliphatic carbocycles. The van der Waals surface area contributed by atoms with Crippen molar-refractivity contribution in [2.45, 2.75) is 37.9 Å². The van der Waals surface area contributed by atoms with Crippen molar-refractivity contribution in [2.24, 2.45) is 0 Å². The van der Waals surface area contributed by atoms with Gasteiger partial charge in [0.05, 0.1) is 54.2 Å². The van der Waals surface area contributed by atoms with E-state index in [1.54, 1.807) is 18.5 Å². The summed E-state index contributed by atoms with van der Waals surface area (Å²) >= 11 is 0. The number of hydrogen-bond acceptors (Lipinski definition) is 10. The number of rotatable bonds is 7. The zero-order valence-corrected chi connectivity index (χ0v) is 21.7. The van der Waals surface area contributed by atoms with Crippen molar-refractivity contribution in [1.82, 2.24) is 29.0 Å². The van der Waals surface area contributed by atoms with Crippen LogP contribution in [0.15, 0.2) is 30.9 Å². The Morgan fingerprint density at radius 1 is 1.22 bits per heavy atom. The van der Waals surface area contributed by atoms with Gasteiger partial charge in [-0.05, 0) is 24.8 Å². The quantitative estimate of drug-likeness (QED) is 0.444. The smallest absolute Gasteiger partial charge is 0.256 e. The molecule has 0 radical (unpaired) electrons. The van der Waals surface area contributed by atoms with Gasteiger partial charge in [0.15, 0.2) is 5.82 Å². The summed E-state index contributed by atoms with van der Waals surface area (Å²) in [5, 5.41) is 6.92. The van der Waals surface area contributed by atoms with Gasteiger partial charge < -0.3 is 15.8 Å². The summed E-state index contributed by atoms with van der Waals surface area (Å²) < 4.78 is 31.3. The number of morpholine rings is 1. The maximum atomic E-state index is 12.5. The number of nitrogens with two attached hydrogens (primary N) is 1. The lowest BCUT2D eigenvalue weighted by Gasteiger charge is -2.24. The number of ether oxygens (including phenoxy) is 1. The molecular weight excluding hydrogens is 492 g/mol. The molecule has 12 heteroatoms. The Morgan fingerprint density at radius 2 is 2.00 bits per heavy atom. The number of nitrogen functional groups attached to an aromatic ring is 1. The van der Waals surface area contributed by atoms with Crippen LogP contribution in [0, 0.1) is 11.8 Å². The van der Waals surface area contributed by atoms with Crippen molar-refractivity contribution in [3.8, 4) is 23.2 Å². The van der Waals surface area contributed by atoms with Crippen molar-refractivity contribution in [2.75, 3.05) is 43.9 Å². The van der Waals surface area contributed by atoms with Crippen LogP contribution in [0.25, 0.3) is 11.4 Å². The number of pyridine rings is 1. The number of hydrogen-bond donors (Lipinski definition) is 2. The van der Waals surface area contributed by atoms with Crippen LogP contribution in [0.3, 0.4) is 0 Å². The van der Waals surface area contributed by atoms with Crippen molar-refractivity contribution in [3.05, 3.63) is 42.0 Å². The zero-order chi connectivity index (χ0) is 26.0. The fourth-order valence-electron chi connectivity index (χ4n) is 4.10. The third kappa shape index (κ3) is 5.58. The molecule has 0 aromatic carbocycles. The minimum absolute atomic E-state index is 0.0863. The van der Waals surface area contributed by atoms with Crippen LogP contribution in [-0.2, 0) is 14.8 Å². The van der Waals surface area contributed by atoms with Crippen LogP contribution in [0.1, 0.15) is 43.7 Å². The third-order valence-electron chi connectivity index (χ3n) is 6.29. The molecular formula is C25H30N8O3S. The van der Waals surface area contributed by atoms with Crippen LogP contribution < -0.4 is 11.1 Å². The van der Waals surface area contributed by atoms with E-state index < -0.39 is 10.0 Å². The van der Waals surface area contributed by atoms with Gasteiger partial charge in [0, 0.05) is 31.0 Å². The lowest BCUT2D eigenvalue weighted by Crippen LogP contribution is -2.36. The van der Waals surface area contributed by atoms with E-state index >= 15 is 0 Å². The monoisotopic (exact) mass is 522 g/mol. The summed E-state index contributed by atoms with van der Waals surface area (Å²) in [6.45, 7) is 7.96. The molecule has 2 aliphatic rings. The van der Waals surface area contributed by atoms with Crippen LogP contribution in [0.5, 0.6) is 0 Å². The van der Waals surface area contributed by atoms with Gasteiger partial charge >= 0.3 is 0 Å². The summed E-state index contributed by atoms with van der Waals surface area (Å²) in [5.41, 5.74) is 9.17. The van der Waals surface area contributed by atoms with E-state index in [0.717, 1.165) is 36.0 Å². The van der Waals surface area contributed by atoms with Gasteiger partial charge in [0.25, 0.3) is 10.0 Å². The molecule has 1 saturated heterocycles. The molecule has 2 fully saturated rings. The van der Waals surface area contributed by atoms with E-state index in [9.17, 15) is 8.42 Å². The molecule has 0 bridgehead atoms. The van der Waals surface area contributed by atoms with E-state index in [1.165, 1.54) is 12.4 Å². The molecule has 4 heterocycles. The van der Waals surface area contributed by atoms with Crippen molar-refractivity contribution in [1.29, 1.82) is 0 Å². The molecule has 3 aromatic heterocycles. The fourth-order valence-corrected chi connectivity index (χ4v) is 5.57. The van der Waals surface area contributed by atoms with E-state index in [0.29, 0.717) is 53.7 Å². The normalized spacial score (nSPS) is 16.4. The molecule has 3 aromatic rings. The van der Waals surface area contributed by atoms with Gasteiger partial charge in [0.2, 0.25) is 0 Å². The molecule has 5 rings (SSSR count). The first-order valence-corrected chi connectivity index (χ1v) is 13.8. The first-order chi connectivity index (χ1) is 17.8. The fraction of sp³-hybridized carbons (Fsp3) is 0.440. The lowest BCUT2D eigenvalue weighted by atomic mass is 9.99. The van der Waals surface area contributed by atoms with Crippen molar-refractivity contribution < 1.29 is 13.2 Å². The number of aromatic nitrogens is 5. The Labute approximate surface area is 216 Å². The van der Waals surface area contributed by atoms with Crippen molar-refractivity contribution in [3.63, 3.8) is 0 Å². The number of nitrogens with one attached hydrogen (secondary N) is 1. The largest absolute Gasteiger partial charge is 0.397 e. The van der Waals surface area contributed by atoms with Crippen molar-refractivity contribution >= 4 is 27.3 Å². The molecule has 3 N–H and O–H groups in total. The highest BCUT2D eigenvalue weighted by Gasteiger charge is 2.37. The highest BCUT2D eigenvalue weighted by atomic mass is 32.2. The highest BCUT2D eigenvalue weighted by molar-refractivity contribution is 7.90. The SMILES string of the molecule is CC(C)c1c(Nc2ccnc(-c3cnn(S(=O)(=O)C4CC4)c3)n2)ncc(C#CCN2CCOCC2)c1N. The average molecular weight is 523 g/mol.